The zero-order valence-corrected chi connectivity index (χ0v) is 15.4. The van der Waals surface area contributed by atoms with Crippen LogP contribution >= 0.6 is 0 Å². The van der Waals surface area contributed by atoms with Crippen LogP contribution in [0.2, 0.25) is 0 Å². The summed E-state index contributed by atoms with van der Waals surface area (Å²) >= 11 is 0. The Balaban J connectivity index is 3.11. The molecule has 0 aliphatic carbocycles. The van der Waals surface area contributed by atoms with Gasteiger partial charge in [0.25, 0.3) is 0 Å². The van der Waals surface area contributed by atoms with Crippen molar-refractivity contribution in [1.29, 1.82) is 0 Å². The molecule has 0 spiro atoms. The van der Waals surface area contributed by atoms with Gasteiger partial charge in [0.1, 0.15) is 5.82 Å². The van der Waals surface area contributed by atoms with E-state index < -0.39 is 0 Å². The first-order valence-electron chi connectivity index (χ1n) is 7.87. The van der Waals surface area contributed by atoms with E-state index in [1.807, 2.05) is 0 Å². The summed E-state index contributed by atoms with van der Waals surface area (Å²) in [6.07, 6.45) is 0. The average Bonchev–Trinajstić information content (AvgIpc) is 2.73. The molecule has 0 unspecified atom stereocenters. The summed E-state index contributed by atoms with van der Waals surface area (Å²) < 4.78 is 2.40. The molecule has 21 heavy (non-hydrogen) atoms. The summed E-state index contributed by atoms with van der Waals surface area (Å²) in [7, 11) is 0. The molecule has 116 valence electrons. The van der Waals surface area contributed by atoms with Crippen molar-refractivity contribution < 1.29 is 0 Å². The minimum atomic E-state index is 0.0331. The van der Waals surface area contributed by atoms with Gasteiger partial charge in [-0.05, 0) is 44.4 Å². The van der Waals surface area contributed by atoms with E-state index in [0.717, 1.165) is 0 Å². The number of aromatic nitrogens is 2. The molecule has 2 heterocycles. The highest BCUT2D eigenvalue weighted by Crippen LogP contribution is 2.36. The van der Waals surface area contributed by atoms with Crippen LogP contribution in [0.5, 0.6) is 0 Å². The first-order chi connectivity index (χ1) is 9.37. The van der Waals surface area contributed by atoms with E-state index in [2.05, 4.69) is 73.6 Å². The van der Waals surface area contributed by atoms with Gasteiger partial charge in [0, 0.05) is 16.5 Å². The Morgan fingerprint density at radius 3 is 1.67 bits per heavy atom. The van der Waals surface area contributed by atoms with Gasteiger partial charge < -0.3 is 0 Å². The maximum absolute atomic E-state index is 5.10. The molecular formula is C19H30N2. The third-order valence-corrected chi connectivity index (χ3v) is 4.62. The second kappa shape index (κ2) is 4.59. The fraction of sp³-hybridized carbons (Fsp3) is 0.632. The van der Waals surface area contributed by atoms with E-state index in [1.54, 1.807) is 0 Å². The summed E-state index contributed by atoms with van der Waals surface area (Å²) in [6.45, 7) is 22.4. The maximum Gasteiger partial charge on any atom is 0.119 e. The molecule has 0 aromatic carbocycles. The fourth-order valence-corrected chi connectivity index (χ4v) is 3.02. The van der Waals surface area contributed by atoms with Gasteiger partial charge in [-0.15, -0.1) is 0 Å². The lowest BCUT2D eigenvalue weighted by Gasteiger charge is -2.21. The lowest BCUT2D eigenvalue weighted by atomic mass is 9.89. The van der Waals surface area contributed by atoms with Crippen LogP contribution in [0, 0.1) is 27.7 Å². The average molecular weight is 286 g/mol. The summed E-state index contributed by atoms with van der Waals surface area (Å²) in [5, 5.41) is 0. The van der Waals surface area contributed by atoms with E-state index >= 15 is 0 Å². The Hall–Kier alpha value is -1.31. The number of hydrogen-bond acceptors (Lipinski definition) is 1. The molecule has 0 saturated carbocycles. The molecule has 2 rings (SSSR count). The second-order valence-corrected chi connectivity index (χ2v) is 8.43. The lowest BCUT2D eigenvalue weighted by molar-refractivity contribution is 0.527. The number of imidazole rings is 1. The van der Waals surface area contributed by atoms with Crippen LogP contribution in [0.1, 0.15) is 75.4 Å². The molecule has 2 aromatic heterocycles. The zero-order chi connectivity index (χ0) is 16.3. The largest absolute Gasteiger partial charge is 0.300 e. The molecule has 2 heteroatoms. The van der Waals surface area contributed by atoms with Crippen molar-refractivity contribution in [3.05, 3.63) is 33.9 Å². The van der Waals surface area contributed by atoms with Crippen molar-refractivity contribution >= 4 is 5.52 Å². The molecule has 0 N–H and O–H groups in total. The Labute approximate surface area is 129 Å². The third-order valence-electron chi connectivity index (χ3n) is 4.62. The van der Waals surface area contributed by atoms with Gasteiger partial charge in [-0.3, -0.25) is 4.40 Å². The Morgan fingerprint density at radius 2 is 1.24 bits per heavy atom. The van der Waals surface area contributed by atoms with Crippen molar-refractivity contribution in [2.75, 3.05) is 0 Å². The van der Waals surface area contributed by atoms with Crippen LogP contribution in [-0.2, 0) is 10.8 Å². The summed E-state index contributed by atoms with van der Waals surface area (Å²) in [6, 6.07) is 0. The van der Waals surface area contributed by atoms with Crippen LogP contribution in [0.4, 0.5) is 0 Å². The standard InChI is InChI=1S/C19H30N2/c1-11-12(2)14(4)21-15(13(11)3)16(18(5,6)7)20-17(21)19(8,9)10/h1-10H3. The normalized spacial score (nSPS) is 13.2. The molecule has 0 aliphatic heterocycles. The minimum absolute atomic E-state index is 0.0331. The van der Waals surface area contributed by atoms with Crippen molar-refractivity contribution in [2.45, 2.75) is 80.1 Å². The number of pyridine rings is 1. The number of rotatable bonds is 0. The number of aryl methyl sites for hydroxylation is 2. The molecule has 0 fully saturated rings. The second-order valence-electron chi connectivity index (χ2n) is 8.43. The molecule has 0 aliphatic rings. The molecule has 0 radical (unpaired) electrons. The quantitative estimate of drug-likeness (QED) is 0.653. The fourth-order valence-electron chi connectivity index (χ4n) is 3.02. The maximum atomic E-state index is 5.10. The van der Waals surface area contributed by atoms with E-state index in [-0.39, 0.29) is 10.8 Å². The van der Waals surface area contributed by atoms with Gasteiger partial charge in [0.15, 0.2) is 0 Å². The highest BCUT2D eigenvalue weighted by molar-refractivity contribution is 5.66. The Morgan fingerprint density at radius 1 is 0.714 bits per heavy atom. The lowest BCUT2D eigenvalue weighted by Crippen LogP contribution is -2.18. The van der Waals surface area contributed by atoms with E-state index in [0.29, 0.717) is 0 Å². The Bertz CT molecular complexity index is 644. The van der Waals surface area contributed by atoms with Crippen LogP contribution < -0.4 is 0 Å². The van der Waals surface area contributed by atoms with E-state index in [1.165, 1.54) is 39.4 Å². The van der Waals surface area contributed by atoms with Crippen molar-refractivity contribution in [1.82, 2.24) is 9.38 Å². The Kier molecular flexibility index (Phi) is 3.51. The van der Waals surface area contributed by atoms with Crippen molar-refractivity contribution in [3.63, 3.8) is 0 Å². The highest BCUT2D eigenvalue weighted by Gasteiger charge is 2.30. The van der Waals surface area contributed by atoms with Crippen LogP contribution in [-0.4, -0.2) is 9.38 Å². The topological polar surface area (TPSA) is 17.3 Å². The predicted molar refractivity (Wildman–Crippen MR) is 91.5 cm³/mol. The van der Waals surface area contributed by atoms with Crippen LogP contribution in [0.3, 0.4) is 0 Å². The summed E-state index contributed by atoms with van der Waals surface area (Å²) in [5.41, 5.74) is 8.07. The summed E-state index contributed by atoms with van der Waals surface area (Å²) in [5.74, 6) is 1.17. The molecule has 0 atom stereocenters. The van der Waals surface area contributed by atoms with Gasteiger partial charge in [-0.25, -0.2) is 4.98 Å². The summed E-state index contributed by atoms with van der Waals surface area (Å²) in [4.78, 5) is 5.10. The monoisotopic (exact) mass is 286 g/mol. The highest BCUT2D eigenvalue weighted by atomic mass is 15.1. The van der Waals surface area contributed by atoms with Gasteiger partial charge >= 0.3 is 0 Å². The number of hydrogen-bond donors (Lipinski definition) is 0. The van der Waals surface area contributed by atoms with Crippen LogP contribution in [0.15, 0.2) is 0 Å². The van der Waals surface area contributed by atoms with Gasteiger partial charge in [-0.2, -0.15) is 0 Å². The van der Waals surface area contributed by atoms with Crippen molar-refractivity contribution in [3.8, 4) is 0 Å². The van der Waals surface area contributed by atoms with E-state index in [9.17, 15) is 0 Å². The number of fused-ring (bicyclic) bond motifs is 1. The van der Waals surface area contributed by atoms with Crippen LogP contribution in [0.25, 0.3) is 5.52 Å². The molecule has 2 aromatic rings. The number of nitrogens with zero attached hydrogens (tertiary/aromatic N) is 2. The first kappa shape index (κ1) is 16.1. The zero-order valence-electron chi connectivity index (χ0n) is 15.4. The van der Waals surface area contributed by atoms with Gasteiger partial charge in [-0.1, -0.05) is 41.5 Å². The first-order valence-corrected chi connectivity index (χ1v) is 7.87. The molecule has 0 amide bonds. The molecular weight excluding hydrogens is 256 g/mol. The minimum Gasteiger partial charge on any atom is -0.300 e. The molecule has 0 bridgehead atoms. The van der Waals surface area contributed by atoms with Crippen molar-refractivity contribution in [2.24, 2.45) is 0 Å². The van der Waals surface area contributed by atoms with Gasteiger partial charge in [0.2, 0.25) is 0 Å². The predicted octanol–water partition coefficient (Wildman–Crippen LogP) is 5.16. The van der Waals surface area contributed by atoms with E-state index in [4.69, 9.17) is 4.98 Å². The molecule has 2 nitrogen and oxygen atoms in total. The molecule has 0 saturated heterocycles. The van der Waals surface area contributed by atoms with Gasteiger partial charge in [0.05, 0.1) is 11.2 Å². The third kappa shape index (κ3) is 2.39. The smallest absolute Gasteiger partial charge is 0.119 e. The SMILES string of the molecule is Cc1c(C)c(C)n2c(C(C)(C)C)nc(C(C)(C)C)c2c1C.